The minimum absolute atomic E-state index is 0.146. The molecule has 1 rings (SSSR count). The summed E-state index contributed by atoms with van der Waals surface area (Å²) in [5.41, 5.74) is 0.743. The molecule has 0 aliphatic rings. The summed E-state index contributed by atoms with van der Waals surface area (Å²) in [6.07, 6.45) is 0. The smallest absolute Gasteiger partial charge is 0.128 e. The van der Waals surface area contributed by atoms with Crippen LogP contribution in [0.4, 0.5) is 4.39 Å². The van der Waals surface area contributed by atoms with Crippen LogP contribution >= 0.6 is 15.9 Å². The van der Waals surface area contributed by atoms with E-state index in [1.165, 1.54) is 6.07 Å². The molecule has 1 aromatic rings. The quantitative estimate of drug-likeness (QED) is 0.869. The van der Waals surface area contributed by atoms with Crippen molar-refractivity contribution in [2.24, 2.45) is 5.92 Å². The van der Waals surface area contributed by atoms with Gasteiger partial charge >= 0.3 is 0 Å². The van der Waals surface area contributed by atoms with E-state index in [2.05, 4.69) is 33.1 Å². The highest BCUT2D eigenvalue weighted by atomic mass is 79.9. The van der Waals surface area contributed by atoms with Gasteiger partial charge in [-0.3, -0.25) is 0 Å². The van der Waals surface area contributed by atoms with E-state index >= 15 is 0 Å². The van der Waals surface area contributed by atoms with Crippen LogP contribution in [-0.2, 0) is 6.54 Å². The summed E-state index contributed by atoms with van der Waals surface area (Å²) < 4.78 is 14.4. The maximum absolute atomic E-state index is 13.6. The Morgan fingerprint density at radius 2 is 2.18 bits per heavy atom. The van der Waals surface area contributed by atoms with E-state index in [1.54, 1.807) is 0 Å². The average Bonchev–Trinajstić information content (AvgIpc) is 2.22. The zero-order valence-electron chi connectivity index (χ0n) is 10.6. The molecule has 0 bridgehead atoms. The molecule has 1 aromatic carbocycles. The van der Waals surface area contributed by atoms with Gasteiger partial charge in [-0.15, -0.1) is 0 Å². The van der Waals surface area contributed by atoms with Gasteiger partial charge in [-0.2, -0.15) is 0 Å². The van der Waals surface area contributed by atoms with Crippen LogP contribution in [0.25, 0.3) is 0 Å². The highest BCUT2D eigenvalue weighted by Crippen LogP contribution is 2.16. The maximum atomic E-state index is 13.6. The van der Waals surface area contributed by atoms with Crippen LogP contribution in [0.2, 0.25) is 0 Å². The Balaban J connectivity index is 2.52. The zero-order valence-corrected chi connectivity index (χ0v) is 12.2. The van der Waals surface area contributed by atoms with Crippen LogP contribution in [0.15, 0.2) is 22.7 Å². The van der Waals surface area contributed by atoms with Crippen molar-refractivity contribution >= 4 is 15.9 Å². The SMILES string of the molecule is CNCC(C)CN(C)Cc1ccc(Br)cc1F. The Labute approximate surface area is 111 Å². The molecule has 0 saturated carbocycles. The minimum Gasteiger partial charge on any atom is -0.319 e. The first kappa shape index (κ1) is 14.6. The lowest BCUT2D eigenvalue weighted by Gasteiger charge is -2.21. The van der Waals surface area contributed by atoms with E-state index in [9.17, 15) is 4.39 Å². The second-order valence-electron chi connectivity index (χ2n) is 4.60. The van der Waals surface area contributed by atoms with Crippen LogP contribution < -0.4 is 5.32 Å². The van der Waals surface area contributed by atoms with Crippen molar-refractivity contribution < 1.29 is 4.39 Å². The number of benzene rings is 1. The second kappa shape index (κ2) is 7.09. The molecule has 0 heterocycles. The van der Waals surface area contributed by atoms with Gasteiger partial charge in [-0.1, -0.05) is 28.9 Å². The van der Waals surface area contributed by atoms with Crippen molar-refractivity contribution in [2.75, 3.05) is 27.2 Å². The molecular weight excluding hydrogens is 283 g/mol. The summed E-state index contributed by atoms with van der Waals surface area (Å²) >= 11 is 3.26. The van der Waals surface area contributed by atoms with Crippen molar-refractivity contribution in [1.29, 1.82) is 0 Å². The lowest BCUT2D eigenvalue weighted by atomic mass is 10.1. The summed E-state index contributed by atoms with van der Waals surface area (Å²) in [6.45, 7) is 4.77. The molecule has 96 valence electrons. The lowest BCUT2D eigenvalue weighted by molar-refractivity contribution is 0.273. The first-order valence-corrected chi connectivity index (χ1v) is 6.59. The van der Waals surface area contributed by atoms with E-state index in [0.717, 1.165) is 23.1 Å². The van der Waals surface area contributed by atoms with E-state index < -0.39 is 0 Å². The highest BCUT2D eigenvalue weighted by molar-refractivity contribution is 9.10. The molecule has 0 aromatic heterocycles. The molecular formula is C13H20BrFN2. The summed E-state index contributed by atoms with van der Waals surface area (Å²) in [5, 5.41) is 3.15. The molecule has 0 radical (unpaired) electrons. The summed E-state index contributed by atoms with van der Waals surface area (Å²) in [7, 11) is 3.97. The molecule has 0 spiro atoms. The number of nitrogens with zero attached hydrogens (tertiary/aromatic N) is 1. The summed E-state index contributed by atoms with van der Waals surface area (Å²) in [5.74, 6) is 0.413. The van der Waals surface area contributed by atoms with Crippen LogP contribution in [0.3, 0.4) is 0 Å². The topological polar surface area (TPSA) is 15.3 Å². The van der Waals surface area contributed by atoms with Crippen LogP contribution in [0.1, 0.15) is 12.5 Å². The van der Waals surface area contributed by atoms with Crippen molar-refractivity contribution in [3.63, 3.8) is 0 Å². The molecule has 2 nitrogen and oxygen atoms in total. The van der Waals surface area contributed by atoms with E-state index in [4.69, 9.17) is 0 Å². The van der Waals surface area contributed by atoms with Gasteiger partial charge in [-0.25, -0.2) is 4.39 Å². The summed E-state index contributed by atoms with van der Waals surface area (Å²) in [6, 6.07) is 5.22. The molecule has 0 aliphatic heterocycles. The molecule has 1 unspecified atom stereocenters. The van der Waals surface area contributed by atoms with E-state index in [1.807, 2.05) is 26.2 Å². The Morgan fingerprint density at radius 3 is 2.76 bits per heavy atom. The van der Waals surface area contributed by atoms with E-state index in [-0.39, 0.29) is 5.82 Å². The van der Waals surface area contributed by atoms with Crippen molar-refractivity contribution in [2.45, 2.75) is 13.5 Å². The Kier molecular flexibility index (Phi) is 6.09. The molecule has 4 heteroatoms. The first-order valence-electron chi connectivity index (χ1n) is 5.80. The summed E-state index contributed by atoms with van der Waals surface area (Å²) in [4.78, 5) is 2.15. The second-order valence-corrected chi connectivity index (χ2v) is 5.51. The number of rotatable bonds is 6. The largest absolute Gasteiger partial charge is 0.319 e. The fourth-order valence-corrected chi connectivity index (χ4v) is 2.28. The first-order chi connectivity index (χ1) is 8.02. The van der Waals surface area contributed by atoms with Crippen LogP contribution in [0.5, 0.6) is 0 Å². The molecule has 1 atom stereocenters. The zero-order chi connectivity index (χ0) is 12.8. The predicted octanol–water partition coefficient (Wildman–Crippen LogP) is 2.88. The molecule has 0 fully saturated rings. The Morgan fingerprint density at radius 1 is 1.47 bits per heavy atom. The van der Waals surface area contributed by atoms with Crippen molar-refractivity contribution in [3.05, 3.63) is 34.1 Å². The van der Waals surface area contributed by atoms with Gasteiger partial charge in [0.15, 0.2) is 0 Å². The molecule has 1 N–H and O–H groups in total. The third kappa shape index (κ3) is 5.15. The van der Waals surface area contributed by atoms with Crippen molar-refractivity contribution in [1.82, 2.24) is 10.2 Å². The normalized spacial score (nSPS) is 13.1. The molecule has 0 amide bonds. The van der Waals surface area contributed by atoms with Gasteiger partial charge in [-0.05, 0) is 38.7 Å². The van der Waals surface area contributed by atoms with Crippen LogP contribution in [-0.4, -0.2) is 32.1 Å². The number of halogens is 2. The third-order valence-electron chi connectivity index (χ3n) is 2.63. The van der Waals surface area contributed by atoms with Crippen LogP contribution in [0, 0.1) is 11.7 Å². The van der Waals surface area contributed by atoms with Gasteiger partial charge < -0.3 is 10.2 Å². The number of hydrogen-bond donors (Lipinski definition) is 1. The fourth-order valence-electron chi connectivity index (χ4n) is 1.95. The average molecular weight is 303 g/mol. The predicted molar refractivity (Wildman–Crippen MR) is 73.5 cm³/mol. The number of nitrogens with one attached hydrogen (secondary N) is 1. The van der Waals surface area contributed by atoms with Gasteiger partial charge in [0, 0.05) is 23.1 Å². The van der Waals surface area contributed by atoms with E-state index in [0.29, 0.717) is 12.5 Å². The Bertz CT molecular complexity index is 357. The highest BCUT2D eigenvalue weighted by Gasteiger charge is 2.09. The monoisotopic (exact) mass is 302 g/mol. The van der Waals surface area contributed by atoms with Gasteiger partial charge in [0.25, 0.3) is 0 Å². The Hall–Kier alpha value is -0.450. The minimum atomic E-state index is -0.146. The van der Waals surface area contributed by atoms with Gasteiger partial charge in [0.2, 0.25) is 0 Å². The van der Waals surface area contributed by atoms with Crippen molar-refractivity contribution in [3.8, 4) is 0 Å². The maximum Gasteiger partial charge on any atom is 0.128 e. The lowest BCUT2D eigenvalue weighted by Crippen LogP contribution is -2.29. The van der Waals surface area contributed by atoms with Gasteiger partial charge in [0.1, 0.15) is 5.82 Å². The third-order valence-corrected chi connectivity index (χ3v) is 3.12. The fraction of sp³-hybridized carbons (Fsp3) is 0.538. The standard InChI is InChI=1S/C13H20BrFN2/c1-10(7-16-2)8-17(3)9-11-4-5-12(14)6-13(11)15/h4-6,10,16H,7-9H2,1-3H3. The molecule has 0 aliphatic carbocycles. The molecule has 0 saturated heterocycles. The van der Waals surface area contributed by atoms with Gasteiger partial charge in [0.05, 0.1) is 0 Å². The number of hydrogen-bond acceptors (Lipinski definition) is 2. The molecule has 17 heavy (non-hydrogen) atoms.